The zero-order chi connectivity index (χ0) is 12.3. The molecule has 0 aromatic heterocycles. The van der Waals surface area contributed by atoms with Crippen molar-refractivity contribution in [3.05, 3.63) is 35.6 Å². The summed E-state index contributed by atoms with van der Waals surface area (Å²) in [5.74, 6) is 0.455. The quantitative estimate of drug-likeness (QED) is 0.873. The van der Waals surface area contributed by atoms with E-state index in [2.05, 4.69) is 11.8 Å². The number of aliphatic hydroxyl groups excluding tert-OH is 1. The molecule has 0 saturated carbocycles. The summed E-state index contributed by atoms with van der Waals surface area (Å²) in [7, 11) is 0. The van der Waals surface area contributed by atoms with Gasteiger partial charge in [0.15, 0.2) is 0 Å². The van der Waals surface area contributed by atoms with Crippen LogP contribution in [0, 0.1) is 11.7 Å². The summed E-state index contributed by atoms with van der Waals surface area (Å²) < 4.78 is 12.8. The maximum Gasteiger partial charge on any atom is 0.123 e. The minimum Gasteiger partial charge on any atom is -0.387 e. The van der Waals surface area contributed by atoms with Crippen molar-refractivity contribution in [1.29, 1.82) is 0 Å². The molecule has 0 radical (unpaired) electrons. The number of likely N-dealkylation sites (tertiary alicyclic amines) is 1. The molecule has 0 bridgehead atoms. The van der Waals surface area contributed by atoms with Gasteiger partial charge in [0.25, 0.3) is 0 Å². The topological polar surface area (TPSA) is 23.5 Å². The van der Waals surface area contributed by atoms with Gasteiger partial charge in [-0.3, -0.25) is 0 Å². The molecule has 2 rings (SSSR count). The molecule has 1 N–H and O–H groups in total. The molecule has 1 aromatic rings. The predicted molar refractivity (Wildman–Crippen MR) is 66.2 cm³/mol. The summed E-state index contributed by atoms with van der Waals surface area (Å²) in [6, 6.07) is 6.12. The number of β-amino-alcohol motifs (C(OH)–C–C–N with tert-alkyl or cyclic N) is 1. The Hall–Kier alpha value is -0.930. The van der Waals surface area contributed by atoms with Crippen LogP contribution in [0.15, 0.2) is 24.3 Å². The van der Waals surface area contributed by atoms with Gasteiger partial charge in [-0.25, -0.2) is 4.39 Å². The average molecular weight is 237 g/mol. The smallest absolute Gasteiger partial charge is 0.123 e. The molecular weight excluding hydrogens is 217 g/mol. The normalized spacial score (nSPS) is 23.6. The summed E-state index contributed by atoms with van der Waals surface area (Å²) in [6.07, 6.45) is 1.97. The summed E-state index contributed by atoms with van der Waals surface area (Å²) in [5, 5.41) is 10.1. The lowest BCUT2D eigenvalue weighted by atomic mass is 9.99. The number of piperidine rings is 1. The summed E-state index contributed by atoms with van der Waals surface area (Å²) in [6.45, 7) is 5.01. The van der Waals surface area contributed by atoms with Gasteiger partial charge < -0.3 is 10.0 Å². The van der Waals surface area contributed by atoms with Crippen molar-refractivity contribution in [1.82, 2.24) is 4.90 Å². The van der Waals surface area contributed by atoms with E-state index < -0.39 is 6.10 Å². The third-order valence-electron chi connectivity index (χ3n) is 3.43. The molecule has 3 heteroatoms. The monoisotopic (exact) mass is 237 g/mol. The van der Waals surface area contributed by atoms with Gasteiger partial charge in [0, 0.05) is 13.1 Å². The van der Waals surface area contributed by atoms with Crippen molar-refractivity contribution in [3.8, 4) is 0 Å². The fourth-order valence-corrected chi connectivity index (χ4v) is 2.49. The second kappa shape index (κ2) is 5.61. The van der Waals surface area contributed by atoms with Crippen molar-refractivity contribution in [2.24, 2.45) is 5.92 Å². The first-order chi connectivity index (χ1) is 8.15. The molecule has 0 aliphatic carbocycles. The van der Waals surface area contributed by atoms with Crippen LogP contribution in [-0.2, 0) is 0 Å². The molecule has 17 heavy (non-hydrogen) atoms. The summed E-state index contributed by atoms with van der Waals surface area (Å²) in [5.41, 5.74) is 0.796. The Kier molecular flexibility index (Phi) is 4.13. The van der Waals surface area contributed by atoms with E-state index in [9.17, 15) is 9.50 Å². The Morgan fingerprint density at radius 1 is 1.41 bits per heavy atom. The Morgan fingerprint density at radius 3 is 2.76 bits per heavy atom. The number of hydrogen-bond acceptors (Lipinski definition) is 2. The van der Waals surface area contributed by atoms with Gasteiger partial charge in [-0.2, -0.15) is 0 Å². The first-order valence-corrected chi connectivity index (χ1v) is 6.31. The third-order valence-corrected chi connectivity index (χ3v) is 3.43. The second-order valence-electron chi connectivity index (χ2n) is 5.07. The Labute approximate surface area is 102 Å². The molecule has 0 amide bonds. The highest BCUT2D eigenvalue weighted by Crippen LogP contribution is 2.20. The molecule has 1 aromatic carbocycles. The molecule has 0 spiro atoms. The average Bonchev–Trinajstić information content (AvgIpc) is 2.29. The second-order valence-corrected chi connectivity index (χ2v) is 5.07. The maximum atomic E-state index is 12.8. The van der Waals surface area contributed by atoms with Crippen LogP contribution in [0.25, 0.3) is 0 Å². The van der Waals surface area contributed by atoms with Crippen molar-refractivity contribution in [2.75, 3.05) is 19.6 Å². The van der Waals surface area contributed by atoms with Crippen LogP contribution in [0.2, 0.25) is 0 Å². The largest absolute Gasteiger partial charge is 0.387 e. The molecule has 94 valence electrons. The van der Waals surface area contributed by atoms with Crippen molar-refractivity contribution >= 4 is 0 Å². The van der Waals surface area contributed by atoms with Crippen LogP contribution in [0.3, 0.4) is 0 Å². The standard InChI is InChI=1S/C14H20FNO/c1-11-3-2-8-16(9-11)10-14(17)12-4-6-13(15)7-5-12/h4-7,11,14,17H,2-3,8-10H2,1H3/t11-,14-/m1/s1. The van der Waals surface area contributed by atoms with E-state index in [0.717, 1.165) is 18.7 Å². The number of nitrogens with zero attached hydrogens (tertiary/aromatic N) is 1. The predicted octanol–water partition coefficient (Wildman–Crippen LogP) is 2.59. The molecule has 2 atom stereocenters. The van der Waals surface area contributed by atoms with E-state index in [-0.39, 0.29) is 5.82 Å². The molecular formula is C14H20FNO. The number of rotatable bonds is 3. The zero-order valence-electron chi connectivity index (χ0n) is 10.3. The fraction of sp³-hybridized carbons (Fsp3) is 0.571. The lowest BCUT2D eigenvalue weighted by molar-refractivity contribution is 0.0875. The van der Waals surface area contributed by atoms with Crippen molar-refractivity contribution in [3.63, 3.8) is 0 Å². The van der Waals surface area contributed by atoms with Crippen LogP contribution < -0.4 is 0 Å². The first kappa shape index (κ1) is 12.5. The van der Waals surface area contributed by atoms with E-state index in [4.69, 9.17) is 0 Å². The summed E-state index contributed by atoms with van der Waals surface area (Å²) in [4.78, 5) is 2.29. The molecule has 1 fully saturated rings. The lowest BCUT2D eigenvalue weighted by Crippen LogP contribution is -2.37. The van der Waals surface area contributed by atoms with E-state index in [1.165, 1.54) is 25.0 Å². The van der Waals surface area contributed by atoms with Gasteiger partial charge in [-0.05, 0) is 43.0 Å². The van der Waals surface area contributed by atoms with Crippen LogP contribution in [0.5, 0.6) is 0 Å². The number of aliphatic hydroxyl groups is 1. The molecule has 2 nitrogen and oxygen atoms in total. The Morgan fingerprint density at radius 2 is 2.12 bits per heavy atom. The minimum atomic E-state index is -0.513. The molecule has 1 saturated heterocycles. The van der Waals surface area contributed by atoms with E-state index >= 15 is 0 Å². The van der Waals surface area contributed by atoms with Crippen molar-refractivity contribution < 1.29 is 9.50 Å². The molecule has 1 heterocycles. The third kappa shape index (κ3) is 3.51. The van der Waals surface area contributed by atoms with E-state index in [1.54, 1.807) is 12.1 Å². The molecule has 1 aliphatic heterocycles. The SMILES string of the molecule is C[C@@H]1CCCN(C[C@@H](O)c2ccc(F)cc2)C1. The van der Waals surface area contributed by atoms with Gasteiger partial charge in [0.2, 0.25) is 0 Å². The van der Waals surface area contributed by atoms with E-state index in [1.807, 2.05) is 0 Å². The highest BCUT2D eigenvalue weighted by Gasteiger charge is 2.19. The first-order valence-electron chi connectivity index (χ1n) is 6.31. The van der Waals surface area contributed by atoms with Gasteiger partial charge >= 0.3 is 0 Å². The Bertz CT molecular complexity index is 352. The lowest BCUT2D eigenvalue weighted by Gasteiger charge is -2.32. The van der Waals surface area contributed by atoms with Crippen LogP contribution >= 0.6 is 0 Å². The van der Waals surface area contributed by atoms with Gasteiger partial charge in [0.1, 0.15) is 5.82 Å². The summed E-state index contributed by atoms with van der Waals surface area (Å²) >= 11 is 0. The highest BCUT2D eigenvalue weighted by atomic mass is 19.1. The van der Waals surface area contributed by atoms with Crippen LogP contribution in [-0.4, -0.2) is 29.6 Å². The Balaban J connectivity index is 1.91. The maximum absolute atomic E-state index is 12.8. The number of benzene rings is 1. The molecule has 1 aliphatic rings. The van der Waals surface area contributed by atoms with Crippen LogP contribution in [0.4, 0.5) is 4.39 Å². The number of halogens is 1. The van der Waals surface area contributed by atoms with Crippen molar-refractivity contribution in [2.45, 2.75) is 25.9 Å². The highest BCUT2D eigenvalue weighted by molar-refractivity contribution is 5.18. The van der Waals surface area contributed by atoms with Crippen LogP contribution in [0.1, 0.15) is 31.4 Å². The van der Waals surface area contributed by atoms with E-state index in [0.29, 0.717) is 12.5 Å². The van der Waals surface area contributed by atoms with Gasteiger partial charge in [-0.1, -0.05) is 19.1 Å². The fourth-order valence-electron chi connectivity index (χ4n) is 2.49. The number of hydrogen-bond donors (Lipinski definition) is 1. The zero-order valence-corrected chi connectivity index (χ0v) is 10.3. The molecule has 0 unspecified atom stereocenters. The van der Waals surface area contributed by atoms with Gasteiger partial charge in [0.05, 0.1) is 6.10 Å². The minimum absolute atomic E-state index is 0.257. The van der Waals surface area contributed by atoms with Gasteiger partial charge in [-0.15, -0.1) is 0 Å².